The summed E-state index contributed by atoms with van der Waals surface area (Å²) >= 11 is 0. The van der Waals surface area contributed by atoms with Crippen molar-refractivity contribution >= 4 is 16.7 Å². The van der Waals surface area contributed by atoms with Crippen LogP contribution < -0.4 is 4.74 Å². The molecule has 7 heteroatoms. The zero-order chi connectivity index (χ0) is 19.3. The molecule has 0 saturated carbocycles. The van der Waals surface area contributed by atoms with E-state index in [0.29, 0.717) is 5.82 Å². The molecule has 0 N–H and O–H groups in total. The van der Waals surface area contributed by atoms with E-state index in [1.54, 1.807) is 24.1 Å². The fourth-order valence-corrected chi connectivity index (χ4v) is 3.61. The third kappa shape index (κ3) is 2.29. The molecule has 138 valence electrons. The van der Waals surface area contributed by atoms with E-state index in [4.69, 9.17) is 9.72 Å². The summed E-state index contributed by atoms with van der Waals surface area (Å²) in [5.41, 5.74) is 5.66. The van der Waals surface area contributed by atoms with E-state index >= 15 is 0 Å². The van der Waals surface area contributed by atoms with Crippen LogP contribution in [0.1, 0.15) is 11.3 Å². The summed E-state index contributed by atoms with van der Waals surface area (Å²) in [5, 5.41) is 5.62. The molecule has 0 atom stereocenters. The fraction of sp³-hybridized carbons (Fsp3) is 0.143. The number of rotatable bonds is 3. The number of nitrogens with zero attached hydrogens (tertiary/aromatic N) is 6. The first-order valence-electron chi connectivity index (χ1n) is 8.96. The van der Waals surface area contributed by atoms with Crippen LogP contribution in [-0.2, 0) is 0 Å². The second-order valence-corrected chi connectivity index (χ2v) is 6.60. The maximum Gasteiger partial charge on any atom is 0.185 e. The number of fused-ring (bicyclic) bond motifs is 3. The SMILES string of the molecule is COc1ccccc1-c1nc2c3c(C)c(C)n(-c4cccnc4)c3ncn2n1. The van der Waals surface area contributed by atoms with Crippen molar-refractivity contribution in [1.82, 2.24) is 29.1 Å². The first-order chi connectivity index (χ1) is 13.7. The van der Waals surface area contributed by atoms with Crippen molar-refractivity contribution in [3.8, 4) is 22.8 Å². The van der Waals surface area contributed by atoms with Crippen LogP contribution in [0.5, 0.6) is 5.75 Å². The normalized spacial score (nSPS) is 11.4. The van der Waals surface area contributed by atoms with Crippen molar-refractivity contribution < 1.29 is 4.74 Å². The Hall–Kier alpha value is -3.74. The summed E-state index contributed by atoms with van der Waals surface area (Å²) in [6.07, 6.45) is 5.30. The Balaban J connectivity index is 1.81. The number of aromatic nitrogens is 6. The Morgan fingerprint density at radius 2 is 1.86 bits per heavy atom. The predicted octanol–water partition coefficient (Wildman–Crippen LogP) is 3.76. The van der Waals surface area contributed by atoms with Gasteiger partial charge in [-0.15, -0.1) is 5.10 Å². The van der Waals surface area contributed by atoms with E-state index < -0.39 is 0 Å². The van der Waals surface area contributed by atoms with Crippen molar-refractivity contribution in [2.45, 2.75) is 13.8 Å². The Morgan fingerprint density at radius 1 is 1.00 bits per heavy atom. The summed E-state index contributed by atoms with van der Waals surface area (Å²) in [6, 6.07) is 11.7. The molecule has 1 aromatic carbocycles. The highest BCUT2D eigenvalue weighted by atomic mass is 16.5. The van der Waals surface area contributed by atoms with E-state index in [0.717, 1.165) is 44.9 Å². The lowest BCUT2D eigenvalue weighted by Gasteiger charge is -2.06. The minimum atomic E-state index is 0.609. The molecule has 0 bridgehead atoms. The van der Waals surface area contributed by atoms with Gasteiger partial charge in [-0.2, -0.15) is 0 Å². The Kier molecular flexibility index (Phi) is 3.61. The number of hydrogen-bond donors (Lipinski definition) is 0. The zero-order valence-electron chi connectivity index (χ0n) is 15.8. The van der Waals surface area contributed by atoms with Crippen molar-refractivity contribution in [3.05, 3.63) is 66.4 Å². The van der Waals surface area contributed by atoms with Gasteiger partial charge in [0, 0.05) is 11.9 Å². The monoisotopic (exact) mass is 370 g/mol. The largest absolute Gasteiger partial charge is 0.496 e. The molecule has 4 heterocycles. The van der Waals surface area contributed by atoms with Crippen LogP contribution in [0.4, 0.5) is 0 Å². The van der Waals surface area contributed by atoms with Crippen LogP contribution in [0.2, 0.25) is 0 Å². The number of hydrogen-bond acceptors (Lipinski definition) is 5. The molecule has 0 saturated heterocycles. The first-order valence-corrected chi connectivity index (χ1v) is 8.96. The van der Waals surface area contributed by atoms with Gasteiger partial charge in [0.05, 0.1) is 29.9 Å². The molecule has 0 unspecified atom stereocenters. The number of para-hydroxylation sites is 1. The molecule has 0 aliphatic rings. The number of ether oxygens (including phenoxy) is 1. The molecular weight excluding hydrogens is 352 g/mol. The lowest BCUT2D eigenvalue weighted by atomic mass is 10.2. The van der Waals surface area contributed by atoms with Crippen molar-refractivity contribution in [2.24, 2.45) is 0 Å². The molecule has 0 fully saturated rings. The Bertz CT molecular complexity index is 1320. The number of methoxy groups -OCH3 is 1. The first kappa shape index (κ1) is 16.4. The van der Waals surface area contributed by atoms with Gasteiger partial charge in [-0.25, -0.2) is 14.5 Å². The van der Waals surface area contributed by atoms with Crippen LogP contribution in [0.25, 0.3) is 33.8 Å². The molecule has 0 radical (unpaired) electrons. The highest BCUT2D eigenvalue weighted by Crippen LogP contribution is 2.32. The standard InChI is InChI=1S/C21H18N6O/c1-13-14(2)27(15-7-6-10-22-11-15)20-18(13)21-24-19(25-26(21)12-23-20)16-8-4-5-9-17(16)28-3/h4-12H,1-3H3. The smallest absolute Gasteiger partial charge is 0.185 e. The second kappa shape index (κ2) is 6.16. The molecule has 5 aromatic rings. The lowest BCUT2D eigenvalue weighted by Crippen LogP contribution is -1.99. The maximum atomic E-state index is 5.47. The summed E-state index contributed by atoms with van der Waals surface area (Å²) < 4.78 is 9.30. The van der Waals surface area contributed by atoms with E-state index in [2.05, 4.69) is 33.5 Å². The maximum absolute atomic E-state index is 5.47. The quantitative estimate of drug-likeness (QED) is 0.484. The number of benzene rings is 1. The minimum absolute atomic E-state index is 0.609. The molecule has 0 spiro atoms. The van der Waals surface area contributed by atoms with Gasteiger partial charge < -0.3 is 4.74 Å². The molecule has 0 aliphatic heterocycles. The summed E-state index contributed by atoms with van der Waals surface area (Å²) in [6.45, 7) is 4.17. The van der Waals surface area contributed by atoms with Gasteiger partial charge in [0.25, 0.3) is 0 Å². The molecule has 28 heavy (non-hydrogen) atoms. The van der Waals surface area contributed by atoms with Crippen molar-refractivity contribution in [3.63, 3.8) is 0 Å². The summed E-state index contributed by atoms with van der Waals surface area (Å²) in [5.74, 6) is 1.35. The van der Waals surface area contributed by atoms with Gasteiger partial charge >= 0.3 is 0 Å². The molecular formula is C21H18N6O. The van der Waals surface area contributed by atoms with E-state index in [1.807, 2.05) is 42.6 Å². The Labute approximate surface area is 161 Å². The van der Waals surface area contributed by atoms with Gasteiger partial charge in [-0.05, 0) is 43.7 Å². The van der Waals surface area contributed by atoms with E-state index in [9.17, 15) is 0 Å². The molecule has 4 aromatic heterocycles. The van der Waals surface area contributed by atoms with Gasteiger partial charge in [-0.1, -0.05) is 12.1 Å². The average molecular weight is 370 g/mol. The molecule has 5 rings (SSSR count). The van der Waals surface area contributed by atoms with Crippen molar-refractivity contribution in [2.75, 3.05) is 7.11 Å². The van der Waals surface area contributed by atoms with Crippen LogP contribution in [-0.4, -0.2) is 36.2 Å². The van der Waals surface area contributed by atoms with Gasteiger partial charge in [0.2, 0.25) is 0 Å². The Morgan fingerprint density at radius 3 is 2.64 bits per heavy atom. The van der Waals surface area contributed by atoms with Crippen LogP contribution in [0.3, 0.4) is 0 Å². The van der Waals surface area contributed by atoms with E-state index in [1.165, 1.54) is 0 Å². The van der Waals surface area contributed by atoms with Gasteiger partial charge in [0.15, 0.2) is 17.1 Å². The van der Waals surface area contributed by atoms with Crippen LogP contribution in [0, 0.1) is 13.8 Å². The third-order valence-corrected chi connectivity index (χ3v) is 5.08. The zero-order valence-corrected chi connectivity index (χ0v) is 15.8. The topological polar surface area (TPSA) is 70.1 Å². The van der Waals surface area contributed by atoms with Gasteiger partial charge in [-0.3, -0.25) is 9.55 Å². The second-order valence-electron chi connectivity index (χ2n) is 6.60. The molecule has 0 amide bonds. The number of aryl methyl sites for hydroxylation is 1. The van der Waals surface area contributed by atoms with Crippen LogP contribution >= 0.6 is 0 Å². The van der Waals surface area contributed by atoms with Crippen LogP contribution in [0.15, 0.2) is 55.1 Å². The fourth-order valence-electron chi connectivity index (χ4n) is 3.61. The average Bonchev–Trinajstić information content (AvgIpc) is 3.28. The highest BCUT2D eigenvalue weighted by molar-refractivity contribution is 5.95. The lowest BCUT2D eigenvalue weighted by molar-refractivity contribution is 0.416. The minimum Gasteiger partial charge on any atom is -0.496 e. The molecule has 7 nitrogen and oxygen atoms in total. The molecule has 0 aliphatic carbocycles. The summed E-state index contributed by atoms with van der Waals surface area (Å²) in [4.78, 5) is 13.8. The van der Waals surface area contributed by atoms with Crippen molar-refractivity contribution in [1.29, 1.82) is 0 Å². The van der Waals surface area contributed by atoms with E-state index in [-0.39, 0.29) is 0 Å². The highest BCUT2D eigenvalue weighted by Gasteiger charge is 2.20. The number of pyridine rings is 1. The predicted molar refractivity (Wildman–Crippen MR) is 107 cm³/mol. The van der Waals surface area contributed by atoms with Gasteiger partial charge in [0.1, 0.15) is 12.1 Å². The third-order valence-electron chi connectivity index (χ3n) is 5.08. The summed E-state index contributed by atoms with van der Waals surface area (Å²) in [7, 11) is 1.65.